The number of unbranched alkanes of at least 4 members (excludes halogenated alkanes) is 1. The molecule has 1 amide bonds. The van der Waals surface area contributed by atoms with E-state index in [2.05, 4.69) is 10.3 Å². The number of hydrogen-bond acceptors (Lipinski definition) is 3. The summed E-state index contributed by atoms with van der Waals surface area (Å²) in [5.74, 6) is 0.925. The van der Waals surface area contributed by atoms with Gasteiger partial charge in [0.2, 0.25) is 5.91 Å². The van der Waals surface area contributed by atoms with Crippen LogP contribution in [0.3, 0.4) is 0 Å². The number of nitrogens with one attached hydrogen (secondary N) is 1. The molecule has 1 rings (SSSR count). The van der Waals surface area contributed by atoms with E-state index in [1.165, 1.54) is 0 Å². The van der Waals surface area contributed by atoms with Crippen LogP contribution in [0, 0.1) is 0 Å². The first-order chi connectivity index (χ1) is 7.24. The van der Waals surface area contributed by atoms with Crippen LogP contribution < -0.4 is 11.1 Å². The maximum absolute atomic E-state index is 11.3. The van der Waals surface area contributed by atoms with E-state index in [-0.39, 0.29) is 5.91 Å². The first-order valence-electron chi connectivity index (χ1n) is 5.17. The van der Waals surface area contributed by atoms with E-state index in [9.17, 15) is 4.79 Å². The van der Waals surface area contributed by atoms with Crippen molar-refractivity contribution in [2.45, 2.75) is 25.8 Å². The van der Waals surface area contributed by atoms with Crippen LogP contribution in [-0.2, 0) is 18.4 Å². The monoisotopic (exact) mass is 210 g/mol. The van der Waals surface area contributed by atoms with Gasteiger partial charge in [-0.2, -0.15) is 0 Å². The Kier molecular flexibility index (Phi) is 4.83. The highest BCUT2D eigenvalue weighted by atomic mass is 16.1. The van der Waals surface area contributed by atoms with E-state index in [0.29, 0.717) is 19.5 Å². The molecule has 0 bridgehead atoms. The second-order valence-electron chi connectivity index (χ2n) is 3.48. The molecule has 15 heavy (non-hydrogen) atoms. The van der Waals surface area contributed by atoms with Crippen molar-refractivity contribution in [1.29, 1.82) is 0 Å². The van der Waals surface area contributed by atoms with Crippen molar-refractivity contribution in [3.63, 3.8) is 0 Å². The number of rotatable bonds is 6. The van der Waals surface area contributed by atoms with Gasteiger partial charge < -0.3 is 15.6 Å². The molecule has 0 aromatic carbocycles. The van der Waals surface area contributed by atoms with Crippen LogP contribution >= 0.6 is 0 Å². The molecule has 5 nitrogen and oxygen atoms in total. The van der Waals surface area contributed by atoms with Gasteiger partial charge in [-0.05, 0) is 19.4 Å². The Bertz CT molecular complexity index is 308. The molecule has 0 aliphatic heterocycles. The molecule has 5 heteroatoms. The molecule has 1 aromatic heterocycles. The molecule has 0 unspecified atom stereocenters. The number of nitrogens with zero attached hydrogens (tertiary/aromatic N) is 2. The molecule has 0 radical (unpaired) electrons. The Labute approximate surface area is 89.7 Å². The minimum Gasteiger partial charge on any atom is -0.349 e. The van der Waals surface area contributed by atoms with Crippen LogP contribution in [0.5, 0.6) is 0 Å². The quantitative estimate of drug-likeness (QED) is 0.657. The molecule has 0 fully saturated rings. The predicted octanol–water partition coefficient (Wildman–Crippen LogP) is 0.165. The molecule has 0 aliphatic carbocycles. The third-order valence-corrected chi connectivity index (χ3v) is 2.22. The van der Waals surface area contributed by atoms with E-state index in [1.807, 2.05) is 17.8 Å². The standard InChI is InChI=1S/C10H18N4O/c1-14-7-6-12-9(14)8-13-10(15)4-2-3-5-11/h6-7H,2-5,8,11H2,1H3,(H,13,15). The number of aryl methyl sites for hydroxylation is 1. The summed E-state index contributed by atoms with van der Waals surface area (Å²) in [6, 6.07) is 0. The van der Waals surface area contributed by atoms with Gasteiger partial charge in [0.15, 0.2) is 0 Å². The van der Waals surface area contributed by atoms with Gasteiger partial charge in [-0.1, -0.05) is 0 Å². The van der Waals surface area contributed by atoms with Gasteiger partial charge in [-0.15, -0.1) is 0 Å². The summed E-state index contributed by atoms with van der Waals surface area (Å²) in [5.41, 5.74) is 5.34. The molecule has 84 valence electrons. The van der Waals surface area contributed by atoms with Crippen molar-refractivity contribution in [2.75, 3.05) is 6.54 Å². The third-order valence-electron chi connectivity index (χ3n) is 2.22. The molecule has 0 aliphatic rings. The molecular formula is C10H18N4O. The summed E-state index contributed by atoms with van der Waals surface area (Å²) in [7, 11) is 1.91. The van der Waals surface area contributed by atoms with Crippen molar-refractivity contribution in [1.82, 2.24) is 14.9 Å². The van der Waals surface area contributed by atoms with E-state index < -0.39 is 0 Å². The average Bonchev–Trinajstić information content (AvgIpc) is 2.61. The number of hydrogen-bond donors (Lipinski definition) is 2. The fraction of sp³-hybridized carbons (Fsp3) is 0.600. The minimum atomic E-state index is 0.0615. The highest BCUT2D eigenvalue weighted by molar-refractivity contribution is 5.75. The van der Waals surface area contributed by atoms with E-state index in [4.69, 9.17) is 5.73 Å². The van der Waals surface area contributed by atoms with Crippen LogP contribution in [0.2, 0.25) is 0 Å². The van der Waals surface area contributed by atoms with Gasteiger partial charge in [0.05, 0.1) is 6.54 Å². The second-order valence-corrected chi connectivity index (χ2v) is 3.48. The summed E-state index contributed by atoms with van der Waals surface area (Å²) in [4.78, 5) is 15.4. The second kappa shape index (κ2) is 6.19. The zero-order chi connectivity index (χ0) is 11.1. The van der Waals surface area contributed by atoms with Crippen LogP contribution in [0.1, 0.15) is 25.1 Å². The lowest BCUT2D eigenvalue weighted by Crippen LogP contribution is -2.24. The number of carbonyl (C=O) groups excluding carboxylic acids is 1. The van der Waals surface area contributed by atoms with E-state index >= 15 is 0 Å². The fourth-order valence-corrected chi connectivity index (χ4v) is 1.26. The zero-order valence-electron chi connectivity index (χ0n) is 9.07. The Morgan fingerprint density at radius 2 is 2.40 bits per heavy atom. The summed E-state index contributed by atoms with van der Waals surface area (Å²) in [6.07, 6.45) is 5.87. The minimum absolute atomic E-state index is 0.0615. The molecule has 1 aromatic rings. The third kappa shape index (κ3) is 4.12. The number of amides is 1. The molecule has 1 heterocycles. The Morgan fingerprint density at radius 1 is 1.60 bits per heavy atom. The Hall–Kier alpha value is -1.36. The molecule has 0 atom stereocenters. The first-order valence-corrected chi connectivity index (χ1v) is 5.17. The van der Waals surface area contributed by atoms with E-state index in [0.717, 1.165) is 18.7 Å². The SMILES string of the molecule is Cn1ccnc1CNC(=O)CCCCN. The highest BCUT2D eigenvalue weighted by Crippen LogP contribution is 1.96. The van der Waals surface area contributed by atoms with Crippen molar-refractivity contribution >= 4 is 5.91 Å². The van der Waals surface area contributed by atoms with Gasteiger partial charge in [-0.3, -0.25) is 4.79 Å². The maximum Gasteiger partial charge on any atom is 0.220 e. The van der Waals surface area contributed by atoms with Crippen molar-refractivity contribution in [3.05, 3.63) is 18.2 Å². The molecule has 0 spiro atoms. The van der Waals surface area contributed by atoms with Gasteiger partial charge in [0, 0.05) is 25.9 Å². The number of carbonyl (C=O) groups is 1. The molecular weight excluding hydrogens is 192 g/mol. The topological polar surface area (TPSA) is 72.9 Å². The fourth-order valence-electron chi connectivity index (χ4n) is 1.26. The smallest absolute Gasteiger partial charge is 0.220 e. The number of nitrogens with two attached hydrogens (primary N) is 1. The summed E-state index contributed by atoms with van der Waals surface area (Å²) in [5, 5.41) is 2.82. The molecule has 0 saturated carbocycles. The highest BCUT2D eigenvalue weighted by Gasteiger charge is 2.03. The summed E-state index contributed by atoms with van der Waals surface area (Å²) < 4.78 is 1.89. The van der Waals surface area contributed by atoms with Crippen molar-refractivity contribution < 1.29 is 4.79 Å². The lowest BCUT2D eigenvalue weighted by molar-refractivity contribution is -0.121. The summed E-state index contributed by atoms with van der Waals surface area (Å²) >= 11 is 0. The molecule has 0 saturated heterocycles. The largest absolute Gasteiger partial charge is 0.349 e. The predicted molar refractivity (Wildman–Crippen MR) is 58.0 cm³/mol. The summed E-state index contributed by atoms with van der Waals surface area (Å²) in [6.45, 7) is 1.14. The Balaban J connectivity index is 2.20. The van der Waals surface area contributed by atoms with Crippen LogP contribution in [0.4, 0.5) is 0 Å². The lowest BCUT2D eigenvalue weighted by Gasteiger charge is -2.04. The maximum atomic E-state index is 11.3. The van der Waals surface area contributed by atoms with Gasteiger partial charge >= 0.3 is 0 Å². The van der Waals surface area contributed by atoms with Gasteiger partial charge in [0.25, 0.3) is 0 Å². The zero-order valence-corrected chi connectivity index (χ0v) is 9.07. The van der Waals surface area contributed by atoms with E-state index in [1.54, 1.807) is 6.20 Å². The van der Waals surface area contributed by atoms with Crippen molar-refractivity contribution in [3.8, 4) is 0 Å². The number of imidazole rings is 1. The van der Waals surface area contributed by atoms with Gasteiger partial charge in [-0.25, -0.2) is 4.98 Å². The van der Waals surface area contributed by atoms with Crippen LogP contribution in [0.15, 0.2) is 12.4 Å². The normalized spacial score (nSPS) is 10.3. The van der Waals surface area contributed by atoms with Crippen molar-refractivity contribution in [2.24, 2.45) is 12.8 Å². The lowest BCUT2D eigenvalue weighted by atomic mass is 10.2. The average molecular weight is 210 g/mol. The first kappa shape index (κ1) is 11.7. The molecule has 3 N–H and O–H groups in total. The number of aromatic nitrogens is 2. The van der Waals surface area contributed by atoms with Gasteiger partial charge in [0.1, 0.15) is 5.82 Å². The Morgan fingerprint density at radius 3 is 3.00 bits per heavy atom. The van der Waals surface area contributed by atoms with Crippen LogP contribution in [-0.4, -0.2) is 22.0 Å². The van der Waals surface area contributed by atoms with Crippen LogP contribution in [0.25, 0.3) is 0 Å².